The number of nitrogens with one attached hydrogen (secondary N) is 2. The van der Waals surface area contributed by atoms with Crippen molar-refractivity contribution in [2.45, 2.75) is 18.7 Å². The maximum atomic E-state index is 13.2. The van der Waals surface area contributed by atoms with Crippen molar-refractivity contribution in [1.29, 1.82) is 0 Å². The molecule has 1 saturated heterocycles. The van der Waals surface area contributed by atoms with Gasteiger partial charge in [0, 0.05) is 43.1 Å². The molecule has 0 bridgehead atoms. The lowest BCUT2D eigenvalue weighted by atomic mass is 10.1. The minimum Gasteiger partial charge on any atom is -0.378 e. The van der Waals surface area contributed by atoms with Crippen LogP contribution in [0.15, 0.2) is 47.5 Å². The zero-order valence-electron chi connectivity index (χ0n) is 18.5. The van der Waals surface area contributed by atoms with Gasteiger partial charge in [0.2, 0.25) is 15.9 Å². The Morgan fingerprint density at radius 2 is 1.91 bits per heavy atom. The Labute approximate surface area is 188 Å². The lowest BCUT2D eigenvalue weighted by molar-refractivity contribution is -0.116. The van der Waals surface area contributed by atoms with Crippen LogP contribution in [0, 0.1) is 13.8 Å². The minimum atomic E-state index is -3.85. The third-order valence-corrected chi connectivity index (χ3v) is 7.48. The molecule has 2 aromatic carbocycles. The zero-order valence-corrected chi connectivity index (χ0v) is 19.3. The second-order valence-corrected chi connectivity index (χ2v) is 10.1. The summed E-state index contributed by atoms with van der Waals surface area (Å²) in [4.78, 5) is 18.0. The topological polar surface area (TPSA) is 94.7 Å². The van der Waals surface area contributed by atoms with Crippen LogP contribution in [-0.2, 0) is 19.6 Å². The van der Waals surface area contributed by atoms with Crippen LogP contribution in [0.5, 0.6) is 0 Å². The Balaban J connectivity index is 1.46. The van der Waals surface area contributed by atoms with Crippen molar-refractivity contribution in [2.24, 2.45) is 0 Å². The molecule has 0 saturated carbocycles. The molecule has 170 valence electrons. The van der Waals surface area contributed by atoms with Crippen LogP contribution in [0.2, 0.25) is 0 Å². The van der Waals surface area contributed by atoms with E-state index in [0.29, 0.717) is 24.4 Å². The van der Waals surface area contributed by atoms with Gasteiger partial charge in [-0.2, -0.15) is 4.31 Å². The van der Waals surface area contributed by atoms with Crippen molar-refractivity contribution in [3.05, 3.63) is 53.7 Å². The number of aromatic nitrogens is 1. The van der Waals surface area contributed by atoms with Crippen LogP contribution in [0.25, 0.3) is 10.9 Å². The predicted molar refractivity (Wildman–Crippen MR) is 126 cm³/mol. The first kappa shape index (κ1) is 22.3. The summed E-state index contributed by atoms with van der Waals surface area (Å²) in [5, 5.41) is 3.63. The maximum Gasteiger partial charge on any atom is 0.245 e. The molecular weight excluding hydrogens is 428 g/mol. The van der Waals surface area contributed by atoms with Crippen LogP contribution >= 0.6 is 0 Å². The van der Waals surface area contributed by atoms with Crippen LogP contribution < -0.4 is 10.2 Å². The number of ether oxygens (including phenoxy) is 1. The van der Waals surface area contributed by atoms with Gasteiger partial charge in [-0.25, -0.2) is 8.42 Å². The highest BCUT2D eigenvalue weighted by molar-refractivity contribution is 7.89. The van der Waals surface area contributed by atoms with Crippen molar-refractivity contribution in [2.75, 3.05) is 50.1 Å². The number of aromatic amines is 1. The first-order valence-electron chi connectivity index (χ1n) is 10.5. The largest absolute Gasteiger partial charge is 0.378 e. The van der Waals surface area contributed by atoms with Gasteiger partial charge in [-0.05, 0) is 61.4 Å². The van der Waals surface area contributed by atoms with E-state index in [1.807, 2.05) is 44.2 Å². The lowest BCUT2D eigenvalue weighted by Gasteiger charge is -2.30. The van der Waals surface area contributed by atoms with Gasteiger partial charge in [0.15, 0.2) is 0 Å². The Hall–Kier alpha value is -2.88. The average Bonchev–Trinajstić information content (AvgIpc) is 3.22. The third-order valence-electron chi connectivity index (χ3n) is 5.65. The average molecular weight is 457 g/mol. The zero-order chi connectivity index (χ0) is 22.9. The van der Waals surface area contributed by atoms with Crippen LogP contribution in [-0.4, -0.2) is 63.5 Å². The fourth-order valence-corrected chi connectivity index (χ4v) is 5.42. The van der Waals surface area contributed by atoms with Crippen molar-refractivity contribution in [3.8, 4) is 0 Å². The first-order chi connectivity index (χ1) is 15.3. The lowest BCUT2D eigenvalue weighted by Crippen LogP contribution is -2.36. The van der Waals surface area contributed by atoms with Gasteiger partial charge >= 0.3 is 0 Å². The van der Waals surface area contributed by atoms with Crippen molar-refractivity contribution >= 4 is 38.2 Å². The molecule has 9 heteroatoms. The molecule has 2 N–H and O–H groups in total. The predicted octanol–water partition coefficient (Wildman–Crippen LogP) is 2.88. The molecule has 0 spiro atoms. The van der Waals surface area contributed by atoms with Crippen LogP contribution in [0.1, 0.15) is 11.1 Å². The number of hydrogen-bond donors (Lipinski definition) is 2. The van der Waals surface area contributed by atoms with E-state index in [4.69, 9.17) is 4.74 Å². The van der Waals surface area contributed by atoms with Gasteiger partial charge in [-0.15, -0.1) is 0 Å². The summed E-state index contributed by atoms with van der Waals surface area (Å²) in [6, 6.07) is 11.1. The highest BCUT2D eigenvalue weighted by atomic mass is 32.2. The molecule has 0 radical (unpaired) electrons. The van der Waals surface area contributed by atoms with E-state index in [-0.39, 0.29) is 11.4 Å². The highest BCUT2D eigenvalue weighted by Gasteiger charge is 2.26. The summed E-state index contributed by atoms with van der Waals surface area (Å²) >= 11 is 0. The molecule has 0 atom stereocenters. The van der Waals surface area contributed by atoms with Crippen LogP contribution in [0.3, 0.4) is 0 Å². The number of carbonyl (C=O) groups is 1. The number of nitrogens with zero attached hydrogens (tertiary/aromatic N) is 2. The molecule has 1 amide bonds. The van der Waals surface area contributed by atoms with Gasteiger partial charge < -0.3 is 19.9 Å². The van der Waals surface area contributed by atoms with E-state index in [0.717, 1.165) is 39.6 Å². The number of benzene rings is 2. The minimum absolute atomic E-state index is 0.165. The molecule has 3 aromatic rings. The summed E-state index contributed by atoms with van der Waals surface area (Å²) in [6.07, 6.45) is 1.71. The fraction of sp³-hybridized carbons (Fsp3) is 0.348. The summed E-state index contributed by atoms with van der Waals surface area (Å²) in [5.41, 5.74) is 4.17. The highest BCUT2D eigenvalue weighted by Crippen LogP contribution is 2.27. The second kappa shape index (κ2) is 8.93. The molecule has 1 fully saturated rings. The first-order valence-corrected chi connectivity index (χ1v) is 12.0. The van der Waals surface area contributed by atoms with E-state index in [1.54, 1.807) is 12.3 Å². The Kier molecular flexibility index (Phi) is 6.23. The normalized spacial score (nSPS) is 14.8. The van der Waals surface area contributed by atoms with E-state index >= 15 is 0 Å². The second-order valence-electron chi connectivity index (χ2n) is 8.11. The number of sulfonamides is 1. The number of H-pyrrole nitrogens is 1. The summed E-state index contributed by atoms with van der Waals surface area (Å²) < 4.78 is 32.8. The fourth-order valence-electron chi connectivity index (χ4n) is 4.03. The molecule has 4 rings (SSSR count). The third kappa shape index (κ3) is 4.50. The van der Waals surface area contributed by atoms with Gasteiger partial charge in [0.25, 0.3) is 0 Å². The van der Waals surface area contributed by atoms with E-state index in [1.165, 1.54) is 7.05 Å². The SMILES string of the molecule is Cc1cc(S(=O)(=O)N(C)CC(=O)Nc2ccc(N3CCOCC3)c(C)c2)c2[nH]ccc2c1. The van der Waals surface area contributed by atoms with Crippen molar-refractivity contribution in [1.82, 2.24) is 9.29 Å². The summed E-state index contributed by atoms with van der Waals surface area (Å²) in [6.45, 7) is 6.63. The standard InChI is InChI=1S/C23H28N4O4S/c1-16-12-18-6-7-24-23(18)21(13-16)32(29,30)26(3)15-22(28)25-19-4-5-20(17(2)14-19)27-8-10-31-11-9-27/h4-7,12-14,24H,8-11,15H2,1-3H3,(H,25,28). The number of morpholine rings is 1. The van der Waals surface area contributed by atoms with Gasteiger partial charge in [-0.1, -0.05) is 0 Å². The smallest absolute Gasteiger partial charge is 0.245 e. The monoisotopic (exact) mass is 456 g/mol. The summed E-state index contributed by atoms with van der Waals surface area (Å²) in [5.74, 6) is -0.398. The number of rotatable bonds is 6. The molecule has 32 heavy (non-hydrogen) atoms. The molecule has 0 aliphatic carbocycles. The van der Waals surface area contributed by atoms with Gasteiger partial charge in [-0.3, -0.25) is 4.79 Å². The number of carbonyl (C=O) groups excluding carboxylic acids is 1. The number of amides is 1. The molecule has 2 heterocycles. The van der Waals surface area contributed by atoms with Crippen molar-refractivity contribution < 1.29 is 17.9 Å². The molecular formula is C23H28N4O4S. The number of anilines is 2. The molecule has 1 aromatic heterocycles. The van der Waals surface area contributed by atoms with E-state index in [2.05, 4.69) is 15.2 Å². The molecule has 0 unspecified atom stereocenters. The molecule has 1 aliphatic rings. The Morgan fingerprint density at radius 3 is 2.62 bits per heavy atom. The van der Waals surface area contributed by atoms with E-state index < -0.39 is 15.9 Å². The Morgan fingerprint density at radius 1 is 1.16 bits per heavy atom. The number of likely N-dealkylation sites (N-methyl/N-ethyl adjacent to an activating group) is 1. The van der Waals surface area contributed by atoms with Gasteiger partial charge in [0.1, 0.15) is 4.90 Å². The number of fused-ring (bicyclic) bond motifs is 1. The molecule has 1 aliphatic heterocycles. The van der Waals surface area contributed by atoms with Crippen LogP contribution in [0.4, 0.5) is 11.4 Å². The Bertz CT molecular complexity index is 1250. The summed E-state index contributed by atoms with van der Waals surface area (Å²) in [7, 11) is -2.44. The maximum absolute atomic E-state index is 13.2. The number of hydrogen-bond acceptors (Lipinski definition) is 5. The quantitative estimate of drug-likeness (QED) is 0.595. The van der Waals surface area contributed by atoms with Crippen molar-refractivity contribution in [3.63, 3.8) is 0 Å². The number of aryl methyl sites for hydroxylation is 2. The van der Waals surface area contributed by atoms with Gasteiger partial charge in [0.05, 0.1) is 25.3 Å². The van der Waals surface area contributed by atoms with E-state index in [9.17, 15) is 13.2 Å². The molecule has 8 nitrogen and oxygen atoms in total.